The van der Waals surface area contributed by atoms with E-state index in [4.69, 9.17) is 14.6 Å². The first-order chi connectivity index (χ1) is 11.3. The lowest BCUT2D eigenvalue weighted by Crippen LogP contribution is -2.15. The zero-order chi connectivity index (χ0) is 15.8. The maximum atomic E-state index is 5.72. The Labute approximate surface area is 136 Å². The van der Waals surface area contributed by atoms with E-state index in [9.17, 15) is 0 Å². The van der Waals surface area contributed by atoms with Gasteiger partial charge in [-0.3, -0.25) is 0 Å². The molecule has 5 nitrogen and oxygen atoms in total. The van der Waals surface area contributed by atoms with Gasteiger partial charge in [0.15, 0.2) is 11.5 Å². The smallest absolute Gasteiger partial charge is 0.163 e. The molecular weight excluding hydrogens is 290 g/mol. The van der Waals surface area contributed by atoms with Gasteiger partial charge in [-0.2, -0.15) is 5.10 Å². The number of aromatic nitrogens is 2. The van der Waals surface area contributed by atoms with Crippen LogP contribution in [-0.4, -0.2) is 29.5 Å². The first-order valence-corrected chi connectivity index (χ1v) is 8.57. The number of nitrogens with zero attached hydrogens (tertiary/aromatic N) is 2. The fraction of sp³-hybridized carbons (Fsp3) is 0.500. The Kier molecular flexibility index (Phi) is 3.63. The van der Waals surface area contributed by atoms with Gasteiger partial charge in [-0.15, -0.1) is 0 Å². The van der Waals surface area contributed by atoms with Gasteiger partial charge in [0.05, 0.1) is 11.4 Å². The fourth-order valence-electron chi connectivity index (χ4n) is 3.56. The van der Waals surface area contributed by atoms with Crippen LogP contribution in [-0.2, 0) is 6.42 Å². The van der Waals surface area contributed by atoms with Crippen molar-refractivity contribution in [1.82, 2.24) is 9.78 Å². The summed E-state index contributed by atoms with van der Waals surface area (Å²) < 4.78 is 13.4. The Morgan fingerprint density at radius 1 is 1.17 bits per heavy atom. The highest BCUT2D eigenvalue weighted by Crippen LogP contribution is 2.37. The van der Waals surface area contributed by atoms with Crippen molar-refractivity contribution in [2.75, 3.05) is 25.1 Å². The van der Waals surface area contributed by atoms with E-state index in [1.54, 1.807) is 0 Å². The second kappa shape index (κ2) is 5.80. The predicted octanol–water partition coefficient (Wildman–Crippen LogP) is 3.52. The molecule has 0 aliphatic carbocycles. The van der Waals surface area contributed by atoms with Gasteiger partial charge in [-0.1, -0.05) is 13.8 Å². The van der Waals surface area contributed by atoms with Crippen LogP contribution in [0.2, 0.25) is 0 Å². The number of anilines is 1. The summed E-state index contributed by atoms with van der Waals surface area (Å²) >= 11 is 0. The molecule has 1 aromatic heterocycles. The quantitative estimate of drug-likeness (QED) is 0.938. The lowest BCUT2D eigenvalue weighted by Gasteiger charge is -2.19. The lowest BCUT2D eigenvalue weighted by molar-refractivity contribution is 0.171. The number of fused-ring (bicyclic) bond motifs is 2. The van der Waals surface area contributed by atoms with E-state index in [1.807, 2.05) is 16.8 Å². The van der Waals surface area contributed by atoms with Crippen molar-refractivity contribution in [3.05, 3.63) is 29.5 Å². The number of hydrogen-bond donors (Lipinski definition) is 1. The Bertz CT molecular complexity index is 719. The average Bonchev–Trinajstić information content (AvgIpc) is 3.19. The normalized spacial score (nSPS) is 15.6. The molecule has 122 valence electrons. The van der Waals surface area contributed by atoms with E-state index >= 15 is 0 Å². The van der Waals surface area contributed by atoms with Gasteiger partial charge in [-0.05, 0) is 31.4 Å². The second-order valence-electron chi connectivity index (χ2n) is 6.14. The highest BCUT2D eigenvalue weighted by Gasteiger charge is 2.27. The largest absolute Gasteiger partial charge is 0.486 e. The van der Waals surface area contributed by atoms with Gasteiger partial charge in [0.25, 0.3) is 0 Å². The van der Waals surface area contributed by atoms with Crippen LogP contribution in [0.25, 0.3) is 5.69 Å². The molecule has 4 rings (SSSR count). The standard InChI is InChI=1S/C18H23N3O2/c1-3-12(4-2)17-14-7-8-19-18(14)21(20-17)13-5-6-15-16(11-13)23-10-9-22-15/h5-6,11-12,19H,3-4,7-10H2,1-2H3. The topological polar surface area (TPSA) is 48.3 Å². The molecule has 2 aromatic rings. The van der Waals surface area contributed by atoms with E-state index < -0.39 is 0 Å². The Morgan fingerprint density at radius 2 is 1.96 bits per heavy atom. The Morgan fingerprint density at radius 3 is 2.74 bits per heavy atom. The zero-order valence-electron chi connectivity index (χ0n) is 13.8. The summed E-state index contributed by atoms with van der Waals surface area (Å²) in [6.07, 6.45) is 3.31. The van der Waals surface area contributed by atoms with E-state index in [2.05, 4.69) is 25.2 Å². The van der Waals surface area contributed by atoms with Crippen molar-refractivity contribution in [2.45, 2.75) is 39.0 Å². The monoisotopic (exact) mass is 313 g/mol. The Balaban J connectivity index is 1.79. The number of hydrogen-bond acceptors (Lipinski definition) is 4. The van der Waals surface area contributed by atoms with Crippen molar-refractivity contribution in [1.29, 1.82) is 0 Å². The van der Waals surface area contributed by atoms with Crippen LogP contribution in [0.3, 0.4) is 0 Å². The molecule has 0 amide bonds. The molecule has 2 aliphatic heterocycles. The molecule has 0 saturated carbocycles. The third-order valence-electron chi connectivity index (χ3n) is 4.82. The molecule has 0 atom stereocenters. The third-order valence-corrected chi connectivity index (χ3v) is 4.82. The van der Waals surface area contributed by atoms with Crippen LogP contribution in [0, 0.1) is 0 Å². The summed E-state index contributed by atoms with van der Waals surface area (Å²) in [5.41, 5.74) is 3.66. The molecule has 0 bridgehead atoms. The highest BCUT2D eigenvalue weighted by molar-refractivity contribution is 5.59. The summed E-state index contributed by atoms with van der Waals surface area (Å²) in [6.45, 7) is 6.69. The molecule has 3 heterocycles. The predicted molar refractivity (Wildman–Crippen MR) is 90.1 cm³/mol. The molecule has 0 radical (unpaired) electrons. The minimum atomic E-state index is 0.530. The van der Waals surface area contributed by atoms with E-state index in [0.29, 0.717) is 19.1 Å². The number of nitrogens with one attached hydrogen (secondary N) is 1. The first kappa shape index (κ1) is 14.4. The van der Waals surface area contributed by atoms with Crippen LogP contribution in [0.15, 0.2) is 18.2 Å². The molecule has 5 heteroatoms. The maximum Gasteiger partial charge on any atom is 0.163 e. The average molecular weight is 313 g/mol. The maximum absolute atomic E-state index is 5.72. The molecule has 23 heavy (non-hydrogen) atoms. The van der Waals surface area contributed by atoms with Gasteiger partial charge in [0.2, 0.25) is 0 Å². The van der Waals surface area contributed by atoms with E-state index in [1.165, 1.54) is 11.3 Å². The third kappa shape index (κ3) is 2.35. The molecule has 0 unspecified atom stereocenters. The van der Waals surface area contributed by atoms with Crippen LogP contribution < -0.4 is 14.8 Å². The highest BCUT2D eigenvalue weighted by atomic mass is 16.6. The summed E-state index contributed by atoms with van der Waals surface area (Å²) in [5, 5.41) is 8.45. The molecule has 1 aromatic carbocycles. The van der Waals surface area contributed by atoms with Gasteiger partial charge in [0, 0.05) is 24.1 Å². The van der Waals surface area contributed by atoms with Gasteiger partial charge >= 0.3 is 0 Å². The number of ether oxygens (including phenoxy) is 2. The molecule has 0 fully saturated rings. The van der Waals surface area contributed by atoms with Crippen molar-refractivity contribution in [3.63, 3.8) is 0 Å². The van der Waals surface area contributed by atoms with Gasteiger partial charge < -0.3 is 14.8 Å². The molecule has 2 aliphatic rings. The summed E-state index contributed by atoms with van der Waals surface area (Å²) in [7, 11) is 0. The molecule has 0 saturated heterocycles. The van der Waals surface area contributed by atoms with Crippen molar-refractivity contribution in [2.24, 2.45) is 0 Å². The summed E-state index contributed by atoms with van der Waals surface area (Å²) in [5.74, 6) is 3.29. The lowest BCUT2D eigenvalue weighted by atomic mass is 9.96. The minimum absolute atomic E-state index is 0.530. The van der Waals surface area contributed by atoms with Crippen LogP contribution in [0.5, 0.6) is 11.5 Å². The van der Waals surface area contributed by atoms with Crippen molar-refractivity contribution in [3.8, 4) is 17.2 Å². The van der Waals surface area contributed by atoms with E-state index in [-0.39, 0.29) is 0 Å². The van der Waals surface area contributed by atoms with Crippen LogP contribution in [0.4, 0.5) is 5.82 Å². The first-order valence-electron chi connectivity index (χ1n) is 8.57. The molecule has 0 spiro atoms. The summed E-state index contributed by atoms with van der Waals surface area (Å²) in [6, 6.07) is 6.06. The van der Waals surface area contributed by atoms with Crippen LogP contribution >= 0.6 is 0 Å². The zero-order valence-corrected chi connectivity index (χ0v) is 13.8. The van der Waals surface area contributed by atoms with Gasteiger partial charge in [-0.25, -0.2) is 4.68 Å². The summed E-state index contributed by atoms with van der Waals surface area (Å²) in [4.78, 5) is 0. The molecular formula is C18H23N3O2. The van der Waals surface area contributed by atoms with Crippen LogP contribution in [0.1, 0.15) is 43.9 Å². The Hall–Kier alpha value is -2.17. The molecule has 1 N–H and O–H groups in total. The van der Waals surface area contributed by atoms with Gasteiger partial charge in [0.1, 0.15) is 19.0 Å². The van der Waals surface area contributed by atoms with Crippen molar-refractivity contribution >= 4 is 5.82 Å². The van der Waals surface area contributed by atoms with E-state index in [0.717, 1.165) is 48.8 Å². The second-order valence-corrected chi connectivity index (χ2v) is 6.14. The van der Waals surface area contributed by atoms with Crippen molar-refractivity contribution < 1.29 is 9.47 Å². The minimum Gasteiger partial charge on any atom is -0.486 e. The SMILES string of the molecule is CCC(CC)c1nn(-c2ccc3c(c2)OCCO3)c2c1CCN2. The number of benzene rings is 1. The fourth-order valence-corrected chi connectivity index (χ4v) is 3.56. The number of rotatable bonds is 4.